The standard InChI is InChI=1S/C8H14N4/c1-7(4-9)5-11-8-2-3-10-6-12-8/h2-3,6-7H,4-5,9H2,1H3,(H,10,11,12). The maximum Gasteiger partial charge on any atom is 0.129 e. The van der Waals surface area contributed by atoms with Crippen molar-refractivity contribution >= 4 is 5.82 Å². The third-order valence-corrected chi connectivity index (χ3v) is 1.62. The molecule has 1 aromatic heterocycles. The minimum atomic E-state index is 0.472. The molecule has 4 nitrogen and oxygen atoms in total. The van der Waals surface area contributed by atoms with E-state index in [1.54, 1.807) is 6.20 Å². The molecule has 0 saturated carbocycles. The number of aromatic nitrogens is 2. The Balaban J connectivity index is 2.33. The Kier molecular flexibility index (Phi) is 3.47. The van der Waals surface area contributed by atoms with Crippen molar-refractivity contribution in [2.24, 2.45) is 11.7 Å². The van der Waals surface area contributed by atoms with Crippen LogP contribution in [0.15, 0.2) is 18.6 Å². The van der Waals surface area contributed by atoms with Gasteiger partial charge in [-0.25, -0.2) is 9.97 Å². The van der Waals surface area contributed by atoms with Gasteiger partial charge in [-0.2, -0.15) is 0 Å². The van der Waals surface area contributed by atoms with Crippen LogP contribution in [-0.4, -0.2) is 23.1 Å². The smallest absolute Gasteiger partial charge is 0.129 e. The van der Waals surface area contributed by atoms with Crippen LogP contribution >= 0.6 is 0 Å². The lowest BCUT2D eigenvalue weighted by atomic mass is 10.2. The quantitative estimate of drug-likeness (QED) is 0.683. The van der Waals surface area contributed by atoms with Gasteiger partial charge in [0.25, 0.3) is 0 Å². The number of anilines is 1. The first-order valence-electron chi connectivity index (χ1n) is 4.03. The summed E-state index contributed by atoms with van der Waals surface area (Å²) < 4.78 is 0. The Bertz CT molecular complexity index is 212. The molecule has 1 unspecified atom stereocenters. The zero-order valence-corrected chi connectivity index (χ0v) is 7.20. The highest BCUT2D eigenvalue weighted by molar-refractivity contribution is 5.31. The van der Waals surface area contributed by atoms with Crippen LogP contribution in [0, 0.1) is 5.92 Å². The van der Waals surface area contributed by atoms with Crippen molar-refractivity contribution in [2.75, 3.05) is 18.4 Å². The van der Waals surface area contributed by atoms with E-state index in [0.717, 1.165) is 12.4 Å². The van der Waals surface area contributed by atoms with E-state index in [9.17, 15) is 0 Å². The molecule has 0 spiro atoms. The van der Waals surface area contributed by atoms with Gasteiger partial charge in [0, 0.05) is 12.7 Å². The highest BCUT2D eigenvalue weighted by Gasteiger charge is 1.97. The van der Waals surface area contributed by atoms with E-state index in [1.165, 1.54) is 6.33 Å². The Morgan fingerprint density at radius 2 is 2.50 bits per heavy atom. The molecule has 0 aliphatic carbocycles. The molecule has 0 fully saturated rings. The fourth-order valence-electron chi connectivity index (χ4n) is 0.757. The predicted molar refractivity (Wildman–Crippen MR) is 48.7 cm³/mol. The van der Waals surface area contributed by atoms with Crippen molar-refractivity contribution in [1.82, 2.24) is 9.97 Å². The lowest BCUT2D eigenvalue weighted by Crippen LogP contribution is -2.20. The van der Waals surface area contributed by atoms with E-state index >= 15 is 0 Å². The van der Waals surface area contributed by atoms with E-state index in [1.807, 2.05) is 6.07 Å². The molecule has 1 aromatic rings. The van der Waals surface area contributed by atoms with Gasteiger partial charge in [0.05, 0.1) is 0 Å². The van der Waals surface area contributed by atoms with Crippen molar-refractivity contribution in [3.05, 3.63) is 18.6 Å². The molecular weight excluding hydrogens is 152 g/mol. The summed E-state index contributed by atoms with van der Waals surface area (Å²) in [5, 5.41) is 3.16. The number of nitrogens with two attached hydrogens (primary N) is 1. The van der Waals surface area contributed by atoms with Gasteiger partial charge in [-0.1, -0.05) is 6.92 Å². The van der Waals surface area contributed by atoms with Crippen molar-refractivity contribution in [1.29, 1.82) is 0 Å². The minimum Gasteiger partial charge on any atom is -0.370 e. The molecule has 3 N–H and O–H groups in total. The van der Waals surface area contributed by atoms with Crippen molar-refractivity contribution in [3.8, 4) is 0 Å². The molecule has 0 aromatic carbocycles. The molecule has 0 aliphatic heterocycles. The first-order valence-corrected chi connectivity index (χ1v) is 4.03. The molecule has 1 atom stereocenters. The summed E-state index contributed by atoms with van der Waals surface area (Å²) in [5.41, 5.74) is 5.46. The van der Waals surface area contributed by atoms with E-state index in [4.69, 9.17) is 5.73 Å². The van der Waals surface area contributed by atoms with E-state index in [2.05, 4.69) is 22.2 Å². The van der Waals surface area contributed by atoms with Crippen LogP contribution < -0.4 is 11.1 Å². The number of hydrogen-bond acceptors (Lipinski definition) is 4. The fourth-order valence-corrected chi connectivity index (χ4v) is 0.757. The van der Waals surface area contributed by atoms with Crippen molar-refractivity contribution < 1.29 is 0 Å². The van der Waals surface area contributed by atoms with Gasteiger partial charge < -0.3 is 11.1 Å². The van der Waals surface area contributed by atoms with E-state index < -0.39 is 0 Å². The highest BCUT2D eigenvalue weighted by Crippen LogP contribution is 1.99. The third-order valence-electron chi connectivity index (χ3n) is 1.62. The summed E-state index contributed by atoms with van der Waals surface area (Å²) in [6.07, 6.45) is 3.23. The lowest BCUT2D eigenvalue weighted by molar-refractivity contribution is 0.627. The molecule has 12 heavy (non-hydrogen) atoms. The van der Waals surface area contributed by atoms with Crippen LogP contribution in [0.2, 0.25) is 0 Å². The van der Waals surface area contributed by atoms with Gasteiger partial charge in [-0.05, 0) is 18.5 Å². The zero-order chi connectivity index (χ0) is 8.81. The van der Waals surface area contributed by atoms with Crippen LogP contribution in [0.4, 0.5) is 5.82 Å². The van der Waals surface area contributed by atoms with Crippen molar-refractivity contribution in [2.45, 2.75) is 6.92 Å². The third kappa shape index (κ3) is 2.84. The monoisotopic (exact) mass is 166 g/mol. The molecule has 4 heteroatoms. The average molecular weight is 166 g/mol. The highest BCUT2D eigenvalue weighted by atomic mass is 15.0. The average Bonchev–Trinajstić information content (AvgIpc) is 2.16. The maximum absolute atomic E-state index is 5.46. The van der Waals surface area contributed by atoms with Crippen LogP contribution in [0.1, 0.15) is 6.92 Å². The van der Waals surface area contributed by atoms with Crippen molar-refractivity contribution in [3.63, 3.8) is 0 Å². The zero-order valence-electron chi connectivity index (χ0n) is 7.20. The Labute approximate surface area is 72.2 Å². The fraction of sp³-hybridized carbons (Fsp3) is 0.500. The second kappa shape index (κ2) is 4.66. The largest absolute Gasteiger partial charge is 0.370 e. The van der Waals surface area contributed by atoms with Crippen LogP contribution in [0.25, 0.3) is 0 Å². The Morgan fingerprint density at radius 3 is 3.08 bits per heavy atom. The second-order valence-electron chi connectivity index (χ2n) is 2.82. The first-order chi connectivity index (χ1) is 5.83. The predicted octanol–water partition coefficient (Wildman–Crippen LogP) is 0.483. The summed E-state index contributed by atoms with van der Waals surface area (Å²) in [6.45, 7) is 3.64. The van der Waals surface area contributed by atoms with Gasteiger partial charge in [0.2, 0.25) is 0 Å². The van der Waals surface area contributed by atoms with Crippen LogP contribution in [0.5, 0.6) is 0 Å². The first kappa shape index (κ1) is 8.93. The topological polar surface area (TPSA) is 63.8 Å². The number of nitrogens with one attached hydrogen (secondary N) is 1. The summed E-state index contributed by atoms with van der Waals surface area (Å²) in [5.74, 6) is 1.32. The number of hydrogen-bond donors (Lipinski definition) is 2. The molecule has 0 bridgehead atoms. The molecule has 1 heterocycles. The molecule has 1 rings (SSSR count). The molecule has 0 amide bonds. The van der Waals surface area contributed by atoms with Gasteiger partial charge in [0.1, 0.15) is 12.1 Å². The molecule has 0 saturated heterocycles. The molecule has 66 valence electrons. The number of rotatable bonds is 4. The SMILES string of the molecule is CC(CN)CNc1ccncn1. The summed E-state index contributed by atoms with van der Waals surface area (Å²) in [4.78, 5) is 7.84. The summed E-state index contributed by atoms with van der Waals surface area (Å²) >= 11 is 0. The molecule has 0 aliphatic rings. The van der Waals surface area contributed by atoms with E-state index in [0.29, 0.717) is 12.5 Å². The van der Waals surface area contributed by atoms with Crippen LogP contribution in [-0.2, 0) is 0 Å². The van der Waals surface area contributed by atoms with Gasteiger partial charge in [-0.15, -0.1) is 0 Å². The summed E-state index contributed by atoms with van der Waals surface area (Å²) in [7, 11) is 0. The summed E-state index contributed by atoms with van der Waals surface area (Å²) in [6, 6.07) is 1.84. The Morgan fingerprint density at radius 1 is 1.67 bits per heavy atom. The molecular formula is C8H14N4. The number of nitrogens with zero attached hydrogens (tertiary/aromatic N) is 2. The molecule has 0 radical (unpaired) electrons. The van der Waals surface area contributed by atoms with Gasteiger partial charge in [0.15, 0.2) is 0 Å². The Hall–Kier alpha value is -1.16. The van der Waals surface area contributed by atoms with E-state index in [-0.39, 0.29) is 0 Å². The van der Waals surface area contributed by atoms with Crippen LogP contribution in [0.3, 0.4) is 0 Å². The minimum absolute atomic E-state index is 0.472. The van der Waals surface area contributed by atoms with Gasteiger partial charge in [-0.3, -0.25) is 0 Å². The second-order valence-corrected chi connectivity index (χ2v) is 2.82. The maximum atomic E-state index is 5.46. The normalized spacial score (nSPS) is 12.5. The van der Waals surface area contributed by atoms with Gasteiger partial charge >= 0.3 is 0 Å². The lowest BCUT2D eigenvalue weighted by Gasteiger charge is -2.09.